The molecule has 2 unspecified atom stereocenters. The van der Waals surface area contributed by atoms with Crippen molar-refractivity contribution in [2.75, 3.05) is 18.1 Å². The van der Waals surface area contributed by atoms with Crippen LogP contribution in [0.2, 0.25) is 0 Å². The van der Waals surface area contributed by atoms with Gasteiger partial charge in [-0.3, -0.25) is 0 Å². The minimum atomic E-state index is -2.83. The van der Waals surface area contributed by atoms with Gasteiger partial charge in [0.25, 0.3) is 0 Å². The van der Waals surface area contributed by atoms with E-state index in [1.54, 1.807) is 0 Å². The molecule has 0 spiro atoms. The molecule has 0 aromatic carbocycles. The molecule has 0 amide bonds. The molecular weight excluding hydrogens is 246 g/mol. The fraction of sp³-hybridized carbons (Fsp3) is 1.00. The first kappa shape index (κ1) is 16.0. The Labute approximate surface area is 113 Å². The molecule has 0 bridgehead atoms. The molecule has 0 radical (unpaired) electrons. The lowest BCUT2D eigenvalue weighted by atomic mass is 9.78. The molecule has 108 valence electrons. The predicted molar refractivity (Wildman–Crippen MR) is 77.5 cm³/mol. The quantitative estimate of drug-likeness (QED) is 0.777. The normalized spacial score (nSPS) is 25.6. The lowest BCUT2D eigenvalue weighted by Gasteiger charge is -2.35. The average molecular weight is 275 g/mol. The molecule has 18 heavy (non-hydrogen) atoms. The van der Waals surface area contributed by atoms with E-state index in [9.17, 15) is 8.42 Å². The van der Waals surface area contributed by atoms with E-state index in [0.717, 1.165) is 6.42 Å². The van der Waals surface area contributed by atoms with E-state index in [4.69, 9.17) is 0 Å². The Hall–Kier alpha value is -0.0900. The fourth-order valence-corrected chi connectivity index (χ4v) is 4.28. The maximum absolute atomic E-state index is 11.6. The van der Waals surface area contributed by atoms with E-state index in [1.807, 2.05) is 6.92 Å². The van der Waals surface area contributed by atoms with Gasteiger partial charge >= 0.3 is 0 Å². The van der Waals surface area contributed by atoms with Gasteiger partial charge in [0.05, 0.1) is 5.75 Å². The highest BCUT2D eigenvalue weighted by Gasteiger charge is 2.27. The fourth-order valence-electron chi connectivity index (χ4n) is 3.02. The SMILES string of the molecule is CCCS(=O)(=O)CCNC1CCCCC1C(C)C. The van der Waals surface area contributed by atoms with E-state index in [0.29, 0.717) is 35.9 Å². The highest BCUT2D eigenvalue weighted by molar-refractivity contribution is 7.91. The summed E-state index contributed by atoms with van der Waals surface area (Å²) < 4.78 is 23.3. The smallest absolute Gasteiger partial charge is 0.151 e. The molecule has 0 heterocycles. The van der Waals surface area contributed by atoms with Crippen molar-refractivity contribution in [2.45, 2.75) is 58.9 Å². The van der Waals surface area contributed by atoms with Crippen molar-refractivity contribution in [2.24, 2.45) is 11.8 Å². The second kappa shape index (κ2) is 7.49. The first-order valence-electron chi connectivity index (χ1n) is 7.40. The summed E-state index contributed by atoms with van der Waals surface area (Å²) in [6.45, 7) is 7.09. The van der Waals surface area contributed by atoms with Crippen molar-refractivity contribution in [3.8, 4) is 0 Å². The molecule has 0 aliphatic heterocycles. The van der Waals surface area contributed by atoms with Crippen LogP contribution in [0.15, 0.2) is 0 Å². The highest BCUT2D eigenvalue weighted by atomic mass is 32.2. The molecule has 0 aromatic heterocycles. The van der Waals surface area contributed by atoms with Crippen molar-refractivity contribution in [3.05, 3.63) is 0 Å². The first-order chi connectivity index (χ1) is 8.46. The van der Waals surface area contributed by atoms with E-state index >= 15 is 0 Å². The monoisotopic (exact) mass is 275 g/mol. The number of sulfone groups is 1. The zero-order valence-electron chi connectivity index (χ0n) is 12.1. The highest BCUT2D eigenvalue weighted by Crippen LogP contribution is 2.29. The molecule has 1 rings (SSSR count). The Morgan fingerprint density at radius 3 is 2.44 bits per heavy atom. The number of rotatable bonds is 7. The lowest BCUT2D eigenvalue weighted by Crippen LogP contribution is -2.42. The number of hydrogen-bond donors (Lipinski definition) is 1. The average Bonchev–Trinajstić information content (AvgIpc) is 2.29. The minimum absolute atomic E-state index is 0.294. The second-order valence-corrected chi connectivity index (χ2v) is 8.21. The Balaban J connectivity index is 2.37. The molecule has 1 aliphatic rings. The Morgan fingerprint density at radius 1 is 1.17 bits per heavy atom. The van der Waals surface area contributed by atoms with Crippen LogP contribution < -0.4 is 5.32 Å². The van der Waals surface area contributed by atoms with Gasteiger partial charge in [-0.2, -0.15) is 0 Å². The Bertz CT molecular complexity index is 325. The predicted octanol–water partition coefficient (Wildman–Crippen LogP) is 2.62. The van der Waals surface area contributed by atoms with Gasteiger partial charge in [0.2, 0.25) is 0 Å². The van der Waals surface area contributed by atoms with Crippen LogP contribution in [-0.4, -0.2) is 32.5 Å². The Morgan fingerprint density at radius 2 is 1.83 bits per heavy atom. The van der Waals surface area contributed by atoms with Gasteiger partial charge in [0, 0.05) is 18.3 Å². The summed E-state index contributed by atoms with van der Waals surface area (Å²) in [4.78, 5) is 0. The molecule has 2 atom stereocenters. The van der Waals surface area contributed by atoms with Crippen molar-refractivity contribution in [3.63, 3.8) is 0 Å². The zero-order valence-corrected chi connectivity index (χ0v) is 12.9. The van der Waals surface area contributed by atoms with E-state index in [2.05, 4.69) is 19.2 Å². The van der Waals surface area contributed by atoms with Gasteiger partial charge in [-0.25, -0.2) is 8.42 Å². The molecule has 0 saturated heterocycles. The standard InChI is InChI=1S/C14H29NO2S/c1-4-10-18(16,17)11-9-15-14-8-6-5-7-13(14)12(2)3/h12-15H,4-11H2,1-3H3. The van der Waals surface area contributed by atoms with Crippen LogP contribution in [-0.2, 0) is 9.84 Å². The van der Waals surface area contributed by atoms with Crippen molar-refractivity contribution < 1.29 is 8.42 Å². The van der Waals surface area contributed by atoms with E-state index in [1.165, 1.54) is 25.7 Å². The van der Waals surface area contributed by atoms with Crippen molar-refractivity contribution >= 4 is 9.84 Å². The Kier molecular flexibility index (Phi) is 6.64. The summed E-state index contributed by atoms with van der Waals surface area (Å²) in [5.41, 5.74) is 0. The number of hydrogen-bond acceptors (Lipinski definition) is 3. The maximum Gasteiger partial charge on any atom is 0.151 e. The van der Waals surface area contributed by atoms with Crippen LogP contribution in [0.3, 0.4) is 0 Å². The van der Waals surface area contributed by atoms with Crippen LogP contribution in [0.5, 0.6) is 0 Å². The second-order valence-electron chi connectivity index (χ2n) is 5.90. The first-order valence-corrected chi connectivity index (χ1v) is 9.22. The van der Waals surface area contributed by atoms with Crippen LogP contribution in [0, 0.1) is 11.8 Å². The van der Waals surface area contributed by atoms with Gasteiger partial charge < -0.3 is 5.32 Å². The van der Waals surface area contributed by atoms with Gasteiger partial charge in [-0.15, -0.1) is 0 Å². The lowest BCUT2D eigenvalue weighted by molar-refractivity contribution is 0.208. The third-order valence-electron chi connectivity index (χ3n) is 4.01. The minimum Gasteiger partial charge on any atom is -0.313 e. The van der Waals surface area contributed by atoms with Crippen molar-refractivity contribution in [1.82, 2.24) is 5.32 Å². The van der Waals surface area contributed by atoms with Gasteiger partial charge in [0.15, 0.2) is 9.84 Å². The van der Waals surface area contributed by atoms with Crippen LogP contribution >= 0.6 is 0 Å². The third kappa shape index (κ3) is 5.27. The molecule has 0 aromatic rings. The van der Waals surface area contributed by atoms with Gasteiger partial charge in [-0.05, 0) is 31.1 Å². The summed E-state index contributed by atoms with van der Waals surface area (Å²) in [5, 5.41) is 3.49. The largest absolute Gasteiger partial charge is 0.313 e. The van der Waals surface area contributed by atoms with Crippen LogP contribution in [0.1, 0.15) is 52.9 Å². The molecule has 1 fully saturated rings. The molecular formula is C14H29NO2S. The summed E-state index contributed by atoms with van der Waals surface area (Å²) in [6, 6.07) is 0.524. The molecule has 4 heteroatoms. The molecule has 1 N–H and O–H groups in total. The summed E-state index contributed by atoms with van der Waals surface area (Å²) in [5.74, 6) is 2.03. The van der Waals surface area contributed by atoms with Crippen LogP contribution in [0.4, 0.5) is 0 Å². The summed E-state index contributed by atoms with van der Waals surface area (Å²) in [7, 11) is -2.83. The van der Waals surface area contributed by atoms with Crippen LogP contribution in [0.25, 0.3) is 0 Å². The van der Waals surface area contributed by atoms with E-state index in [-0.39, 0.29) is 0 Å². The van der Waals surface area contributed by atoms with Gasteiger partial charge in [0.1, 0.15) is 0 Å². The molecule has 1 aliphatic carbocycles. The topological polar surface area (TPSA) is 46.2 Å². The van der Waals surface area contributed by atoms with Crippen molar-refractivity contribution in [1.29, 1.82) is 0 Å². The zero-order chi connectivity index (χ0) is 13.6. The molecule has 1 saturated carbocycles. The summed E-state index contributed by atoms with van der Waals surface area (Å²) >= 11 is 0. The number of nitrogens with one attached hydrogen (secondary N) is 1. The molecule has 3 nitrogen and oxygen atoms in total. The van der Waals surface area contributed by atoms with Gasteiger partial charge in [-0.1, -0.05) is 33.6 Å². The third-order valence-corrected chi connectivity index (χ3v) is 5.87. The van der Waals surface area contributed by atoms with E-state index < -0.39 is 9.84 Å². The summed E-state index contributed by atoms with van der Waals surface area (Å²) in [6.07, 6.45) is 5.83. The maximum atomic E-state index is 11.6.